The highest BCUT2D eigenvalue weighted by Crippen LogP contribution is 1.94. The van der Waals surface area contributed by atoms with E-state index in [0.717, 1.165) is 58.2 Å². The Morgan fingerprint density at radius 1 is 1.23 bits per heavy atom. The van der Waals surface area contributed by atoms with E-state index in [9.17, 15) is 8.42 Å². The predicted octanol–water partition coefficient (Wildman–Crippen LogP) is -1.19. The highest BCUT2D eigenvalue weighted by molar-refractivity contribution is 7.88. The van der Waals surface area contributed by atoms with Crippen LogP contribution in [0.15, 0.2) is 4.99 Å². The lowest BCUT2D eigenvalue weighted by atomic mass is 10.4. The smallest absolute Gasteiger partial charge is 0.208 e. The lowest BCUT2D eigenvalue weighted by Gasteiger charge is -2.26. The van der Waals surface area contributed by atoms with Crippen molar-refractivity contribution in [2.75, 3.05) is 65.3 Å². The molecule has 0 saturated carbocycles. The Morgan fingerprint density at radius 2 is 1.95 bits per heavy atom. The molecule has 22 heavy (non-hydrogen) atoms. The predicted molar refractivity (Wildman–Crippen MR) is 88.7 cm³/mol. The Hall–Kier alpha value is -0.900. The van der Waals surface area contributed by atoms with E-state index < -0.39 is 10.0 Å². The number of sulfonamides is 1. The summed E-state index contributed by atoms with van der Waals surface area (Å²) < 4.78 is 29.7. The van der Waals surface area contributed by atoms with E-state index in [0.29, 0.717) is 19.5 Å². The second-order valence-electron chi connectivity index (χ2n) is 5.16. The molecule has 3 N–H and O–H groups in total. The van der Waals surface area contributed by atoms with Gasteiger partial charge in [0.25, 0.3) is 0 Å². The van der Waals surface area contributed by atoms with Crippen molar-refractivity contribution in [3.8, 4) is 0 Å². The Labute approximate surface area is 133 Å². The van der Waals surface area contributed by atoms with Crippen LogP contribution in [-0.4, -0.2) is 84.6 Å². The third-order valence-corrected chi connectivity index (χ3v) is 3.87. The molecule has 1 heterocycles. The van der Waals surface area contributed by atoms with Crippen LogP contribution in [0.2, 0.25) is 0 Å². The van der Waals surface area contributed by atoms with Gasteiger partial charge in [0.15, 0.2) is 5.96 Å². The Morgan fingerprint density at radius 3 is 2.59 bits per heavy atom. The van der Waals surface area contributed by atoms with Crippen LogP contribution in [-0.2, 0) is 14.8 Å². The highest BCUT2D eigenvalue weighted by atomic mass is 32.2. The molecule has 9 heteroatoms. The first kappa shape index (κ1) is 19.1. The fraction of sp³-hybridized carbons (Fsp3) is 0.923. The average Bonchev–Trinajstić information content (AvgIpc) is 2.47. The first-order chi connectivity index (χ1) is 10.5. The Kier molecular flexibility index (Phi) is 9.37. The van der Waals surface area contributed by atoms with E-state index in [4.69, 9.17) is 4.74 Å². The van der Waals surface area contributed by atoms with Gasteiger partial charge in [0.1, 0.15) is 0 Å². The molecule has 0 radical (unpaired) electrons. The van der Waals surface area contributed by atoms with Crippen LogP contribution < -0.4 is 15.4 Å². The maximum atomic E-state index is 10.9. The lowest BCUT2D eigenvalue weighted by Crippen LogP contribution is -2.44. The molecule has 0 amide bonds. The zero-order valence-corrected chi connectivity index (χ0v) is 14.4. The van der Waals surface area contributed by atoms with Crippen molar-refractivity contribution in [1.29, 1.82) is 0 Å². The van der Waals surface area contributed by atoms with Gasteiger partial charge in [0.05, 0.1) is 19.5 Å². The maximum Gasteiger partial charge on any atom is 0.208 e. The Bertz CT molecular complexity index is 421. The Balaban J connectivity index is 2.20. The number of nitrogens with one attached hydrogen (secondary N) is 3. The van der Waals surface area contributed by atoms with Gasteiger partial charge in [-0.2, -0.15) is 0 Å². The first-order valence-electron chi connectivity index (χ1n) is 7.78. The summed E-state index contributed by atoms with van der Waals surface area (Å²) in [6.07, 6.45) is 1.83. The zero-order chi connectivity index (χ0) is 16.3. The summed E-state index contributed by atoms with van der Waals surface area (Å²) in [5.41, 5.74) is 0. The third-order valence-electron chi connectivity index (χ3n) is 3.14. The van der Waals surface area contributed by atoms with Gasteiger partial charge in [-0.3, -0.25) is 9.89 Å². The van der Waals surface area contributed by atoms with Crippen LogP contribution in [0.25, 0.3) is 0 Å². The molecule has 0 aromatic heterocycles. The number of morpholine rings is 1. The summed E-state index contributed by atoms with van der Waals surface area (Å²) in [6.45, 7) is 9.17. The molecule has 0 atom stereocenters. The van der Waals surface area contributed by atoms with Gasteiger partial charge in [0, 0.05) is 45.8 Å². The van der Waals surface area contributed by atoms with E-state index in [-0.39, 0.29) is 0 Å². The van der Waals surface area contributed by atoms with Gasteiger partial charge in [-0.1, -0.05) is 0 Å². The third kappa shape index (κ3) is 9.93. The molecular weight excluding hydrogens is 306 g/mol. The van der Waals surface area contributed by atoms with Gasteiger partial charge in [-0.25, -0.2) is 13.1 Å². The summed E-state index contributed by atoms with van der Waals surface area (Å²) in [7, 11) is -3.11. The molecule has 1 saturated heterocycles. The topological polar surface area (TPSA) is 95.1 Å². The standard InChI is InChI=1S/C13H29N5O3S/c1-3-14-13(15-5-4-6-17-22(2,19)20)16-7-8-18-9-11-21-12-10-18/h17H,3-12H2,1-2H3,(H2,14,15,16). The number of rotatable bonds is 9. The minimum Gasteiger partial charge on any atom is -0.379 e. The summed E-state index contributed by atoms with van der Waals surface area (Å²) in [5, 5.41) is 6.48. The van der Waals surface area contributed by atoms with Crippen LogP contribution >= 0.6 is 0 Å². The summed E-state index contributed by atoms with van der Waals surface area (Å²) >= 11 is 0. The van der Waals surface area contributed by atoms with Gasteiger partial charge in [-0.05, 0) is 13.3 Å². The molecule has 0 aliphatic carbocycles. The van der Waals surface area contributed by atoms with Gasteiger partial charge in [0.2, 0.25) is 10.0 Å². The fourth-order valence-corrected chi connectivity index (χ4v) is 2.54. The molecule has 0 aromatic rings. The first-order valence-corrected chi connectivity index (χ1v) is 9.67. The van der Waals surface area contributed by atoms with Gasteiger partial charge < -0.3 is 15.4 Å². The van der Waals surface area contributed by atoms with E-state index in [1.165, 1.54) is 0 Å². The number of ether oxygens (including phenoxy) is 1. The molecule has 8 nitrogen and oxygen atoms in total. The lowest BCUT2D eigenvalue weighted by molar-refractivity contribution is 0.0389. The van der Waals surface area contributed by atoms with Crippen LogP contribution in [0.5, 0.6) is 0 Å². The fourth-order valence-electron chi connectivity index (χ4n) is 2.03. The average molecular weight is 335 g/mol. The SMILES string of the molecule is CCNC(=NCCCNS(C)(=O)=O)NCCN1CCOCC1. The molecule has 0 unspecified atom stereocenters. The van der Waals surface area contributed by atoms with Crippen molar-refractivity contribution in [1.82, 2.24) is 20.3 Å². The van der Waals surface area contributed by atoms with Crippen molar-refractivity contribution in [2.24, 2.45) is 4.99 Å². The number of nitrogens with zero attached hydrogens (tertiary/aromatic N) is 2. The second kappa shape index (κ2) is 10.8. The van der Waals surface area contributed by atoms with E-state index >= 15 is 0 Å². The van der Waals surface area contributed by atoms with Crippen molar-refractivity contribution >= 4 is 16.0 Å². The quantitative estimate of drug-likeness (QED) is 0.279. The van der Waals surface area contributed by atoms with Crippen molar-refractivity contribution in [3.63, 3.8) is 0 Å². The molecule has 0 bridgehead atoms. The molecule has 1 aliphatic heterocycles. The minimum atomic E-state index is -3.11. The van der Waals surface area contributed by atoms with Crippen LogP contribution in [0.4, 0.5) is 0 Å². The highest BCUT2D eigenvalue weighted by Gasteiger charge is 2.09. The molecule has 130 valence electrons. The molecule has 1 aliphatic rings. The van der Waals surface area contributed by atoms with Crippen molar-refractivity contribution < 1.29 is 13.2 Å². The number of hydrogen-bond acceptors (Lipinski definition) is 5. The molecular formula is C13H29N5O3S. The number of hydrogen-bond donors (Lipinski definition) is 3. The number of guanidine groups is 1. The van der Waals surface area contributed by atoms with Gasteiger partial charge >= 0.3 is 0 Å². The monoisotopic (exact) mass is 335 g/mol. The molecule has 1 rings (SSSR count). The maximum absolute atomic E-state index is 10.9. The van der Waals surface area contributed by atoms with Crippen LogP contribution in [0, 0.1) is 0 Å². The molecule has 0 aromatic carbocycles. The molecule has 1 fully saturated rings. The van der Waals surface area contributed by atoms with Crippen LogP contribution in [0.3, 0.4) is 0 Å². The van der Waals surface area contributed by atoms with Crippen molar-refractivity contribution in [3.05, 3.63) is 0 Å². The van der Waals surface area contributed by atoms with Crippen LogP contribution in [0.1, 0.15) is 13.3 Å². The normalized spacial score (nSPS) is 17.5. The van der Waals surface area contributed by atoms with E-state index in [1.54, 1.807) is 0 Å². The van der Waals surface area contributed by atoms with E-state index in [2.05, 4.69) is 25.2 Å². The van der Waals surface area contributed by atoms with E-state index in [1.807, 2.05) is 6.92 Å². The largest absolute Gasteiger partial charge is 0.379 e. The zero-order valence-electron chi connectivity index (χ0n) is 13.6. The summed E-state index contributed by atoms with van der Waals surface area (Å²) in [6, 6.07) is 0. The molecule has 0 spiro atoms. The van der Waals surface area contributed by atoms with Gasteiger partial charge in [-0.15, -0.1) is 0 Å². The van der Waals surface area contributed by atoms with Crippen molar-refractivity contribution in [2.45, 2.75) is 13.3 Å². The summed E-state index contributed by atoms with van der Waals surface area (Å²) in [5.74, 6) is 0.773. The number of aliphatic imine (C=N–C) groups is 1. The second-order valence-corrected chi connectivity index (χ2v) is 6.99. The minimum absolute atomic E-state index is 0.412. The summed E-state index contributed by atoms with van der Waals surface area (Å²) in [4.78, 5) is 6.79.